The Morgan fingerprint density at radius 3 is 2.05 bits per heavy atom. The Balaban J connectivity index is 2.15. The second-order valence-electron chi connectivity index (χ2n) is 10.5. The van der Waals surface area contributed by atoms with Gasteiger partial charge in [0, 0.05) is 28.6 Å². The fourth-order valence-electron chi connectivity index (χ4n) is 6.86. The van der Waals surface area contributed by atoms with Crippen molar-refractivity contribution in [2.75, 3.05) is 19.0 Å². The van der Waals surface area contributed by atoms with Crippen LogP contribution in [0.3, 0.4) is 0 Å². The van der Waals surface area contributed by atoms with Crippen molar-refractivity contribution in [1.29, 1.82) is 0 Å². The molecule has 0 amide bonds. The number of rotatable bonds is 7. The van der Waals surface area contributed by atoms with Crippen LogP contribution in [-0.2, 0) is 26.1 Å². The summed E-state index contributed by atoms with van der Waals surface area (Å²) in [7, 11) is 1.48. The largest absolute Gasteiger partial charge is 0.504 e. The number of anilines is 1. The van der Waals surface area contributed by atoms with Crippen molar-refractivity contribution in [2.45, 2.75) is 53.2 Å². The van der Waals surface area contributed by atoms with Crippen molar-refractivity contribution in [3.63, 3.8) is 0 Å². The van der Waals surface area contributed by atoms with E-state index < -0.39 is 18.6 Å². The van der Waals surface area contributed by atoms with Gasteiger partial charge in [-0.25, -0.2) is 0 Å². The number of phenolic OH excluding ortho intramolecular Hbond substituents is 1. The number of fused-ring (bicyclic) bond motifs is 1. The quantitative estimate of drug-likeness (QED) is 0.176. The Labute approximate surface area is 224 Å². The summed E-state index contributed by atoms with van der Waals surface area (Å²) in [5, 5.41) is 40.5. The fraction of sp³-hybridized carbons (Fsp3) is 0.312. The number of methoxy groups -OCH3 is 1. The second-order valence-corrected chi connectivity index (χ2v) is 10.5. The molecule has 0 aromatic heterocycles. The van der Waals surface area contributed by atoms with Crippen molar-refractivity contribution >= 4 is 54.9 Å². The average molecular weight is 526 g/mol. The van der Waals surface area contributed by atoms with Gasteiger partial charge in [-0.3, -0.25) is 9.59 Å². The molecule has 1 aliphatic carbocycles. The highest BCUT2D eigenvalue weighted by molar-refractivity contribution is 6.38. The van der Waals surface area contributed by atoms with Crippen LogP contribution in [0.1, 0.15) is 55.0 Å². The van der Waals surface area contributed by atoms with E-state index in [1.54, 1.807) is 0 Å². The molecule has 0 saturated carbocycles. The number of hydrogen-bond donors (Lipinski definition) is 4. The van der Waals surface area contributed by atoms with Gasteiger partial charge in [-0.05, 0) is 82.6 Å². The topological polar surface area (TPSA) is 116 Å². The van der Waals surface area contributed by atoms with Gasteiger partial charge in [0.1, 0.15) is 0 Å². The van der Waals surface area contributed by atoms with Gasteiger partial charge < -0.3 is 25.4 Å². The van der Waals surface area contributed by atoms with Gasteiger partial charge in [-0.15, -0.1) is 0 Å². The first-order valence-corrected chi connectivity index (χ1v) is 13.4. The number of allylic oxidation sites excluding steroid dienone is 1. The molecule has 0 radical (unpaired) electrons. The molecule has 0 fully saturated rings. The monoisotopic (exact) mass is 525 g/mol. The summed E-state index contributed by atoms with van der Waals surface area (Å²) in [6.07, 6.45) is 4.19. The van der Waals surface area contributed by atoms with Crippen LogP contribution in [0.15, 0.2) is 27.3 Å². The summed E-state index contributed by atoms with van der Waals surface area (Å²) < 4.78 is 5.74. The van der Waals surface area contributed by atoms with Crippen LogP contribution in [-0.4, -0.2) is 29.0 Å². The van der Waals surface area contributed by atoms with Gasteiger partial charge >= 0.3 is 0 Å². The van der Waals surface area contributed by atoms with Gasteiger partial charge in [0.15, 0.2) is 22.4 Å². The van der Waals surface area contributed by atoms with Crippen LogP contribution in [0, 0.1) is 0 Å². The minimum atomic E-state index is -0.421. The van der Waals surface area contributed by atoms with Gasteiger partial charge in [0.05, 0.1) is 31.1 Å². The molecule has 0 heterocycles. The lowest BCUT2D eigenvalue weighted by molar-refractivity contribution is 0.282. The zero-order valence-corrected chi connectivity index (χ0v) is 22.5. The van der Waals surface area contributed by atoms with Crippen LogP contribution >= 0.6 is 0 Å². The Bertz CT molecular complexity index is 1970. The zero-order chi connectivity index (χ0) is 27.7. The van der Waals surface area contributed by atoms with Crippen LogP contribution in [0.2, 0.25) is 0 Å². The Morgan fingerprint density at radius 2 is 1.49 bits per heavy atom. The van der Waals surface area contributed by atoms with Gasteiger partial charge in [0.25, 0.3) is 0 Å². The van der Waals surface area contributed by atoms with E-state index in [2.05, 4.69) is 18.3 Å². The number of benzene rings is 5. The third-order valence-corrected chi connectivity index (χ3v) is 8.16. The molecule has 4 N–H and O–H groups in total. The third kappa shape index (κ3) is 3.23. The van der Waals surface area contributed by atoms with E-state index >= 15 is 0 Å². The summed E-state index contributed by atoms with van der Waals surface area (Å²) in [4.78, 5) is 27.3. The summed E-state index contributed by atoms with van der Waals surface area (Å²) >= 11 is 0. The standard InChI is InChI=1S/C32H31NO6/c1-5-7-17-18-8-14(3)9-19-25-24(18)28-22(15(12-34)10-20(36)26(28)30(17)33-6-2)23-16(13-35)11-21(37)27(29(23)25)31(38)32(19)39-4/h8,10-11,33-35,38H,5-7,9,12-13H2,1-4H3. The SMILES string of the molecule is CCCc1c(NCC)c2c(=O)cc(CO)c3c4c(CO)cc(=O)c5c(O)c(OC)c6c(c(c1C=C(C)C6)c23)c54. The van der Waals surface area contributed by atoms with Crippen LogP contribution in [0.4, 0.5) is 5.69 Å². The van der Waals surface area contributed by atoms with E-state index in [1.165, 1.54) is 19.2 Å². The predicted octanol–water partition coefficient (Wildman–Crippen LogP) is 4.94. The van der Waals surface area contributed by atoms with E-state index in [9.17, 15) is 24.9 Å². The Morgan fingerprint density at radius 1 is 0.872 bits per heavy atom. The molecule has 1 aliphatic rings. The highest BCUT2D eigenvalue weighted by Crippen LogP contribution is 2.53. The molecule has 200 valence electrons. The van der Waals surface area contributed by atoms with E-state index in [4.69, 9.17) is 4.74 Å². The zero-order valence-electron chi connectivity index (χ0n) is 22.5. The molecule has 0 atom stereocenters. The molecule has 5 aromatic rings. The van der Waals surface area contributed by atoms with Gasteiger partial charge in [-0.1, -0.05) is 25.0 Å². The molecular weight excluding hydrogens is 494 g/mol. The van der Waals surface area contributed by atoms with Gasteiger partial charge in [0.2, 0.25) is 0 Å². The van der Waals surface area contributed by atoms with Crippen LogP contribution in [0.5, 0.6) is 11.5 Å². The Hall–Kier alpha value is -3.94. The number of nitrogens with one attached hydrogen (secondary N) is 1. The number of aromatic hydroxyl groups is 1. The molecule has 0 spiro atoms. The summed E-state index contributed by atoms with van der Waals surface area (Å²) in [5.41, 5.74) is 4.74. The molecule has 6 rings (SSSR count). The lowest BCUT2D eigenvalue weighted by Crippen LogP contribution is -2.14. The smallest absolute Gasteiger partial charge is 0.190 e. The van der Waals surface area contributed by atoms with Crippen molar-refractivity contribution in [3.8, 4) is 11.5 Å². The molecule has 0 bridgehead atoms. The number of aliphatic hydroxyl groups excluding tert-OH is 2. The van der Waals surface area contributed by atoms with E-state index in [0.29, 0.717) is 51.0 Å². The number of hydrogen-bond acceptors (Lipinski definition) is 7. The van der Waals surface area contributed by atoms with Crippen molar-refractivity contribution in [3.05, 3.63) is 66.0 Å². The van der Waals surface area contributed by atoms with Gasteiger partial charge in [-0.2, -0.15) is 0 Å². The minimum Gasteiger partial charge on any atom is -0.504 e. The predicted molar refractivity (Wildman–Crippen MR) is 157 cm³/mol. The first kappa shape index (κ1) is 25.3. The first-order chi connectivity index (χ1) is 18.8. The lowest BCUT2D eigenvalue weighted by atomic mass is 9.80. The molecule has 0 saturated heterocycles. The summed E-state index contributed by atoms with van der Waals surface area (Å²) in [5.74, 6) is 0.00457. The highest BCUT2D eigenvalue weighted by Gasteiger charge is 2.31. The molecule has 39 heavy (non-hydrogen) atoms. The summed E-state index contributed by atoms with van der Waals surface area (Å²) in [6.45, 7) is 5.93. The molecule has 7 nitrogen and oxygen atoms in total. The van der Waals surface area contributed by atoms with Crippen LogP contribution < -0.4 is 20.9 Å². The first-order valence-electron chi connectivity index (χ1n) is 13.4. The highest BCUT2D eigenvalue weighted by atomic mass is 16.5. The maximum atomic E-state index is 13.8. The van der Waals surface area contributed by atoms with E-state index in [0.717, 1.165) is 51.6 Å². The third-order valence-electron chi connectivity index (χ3n) is 8.16. The average Bonchev–Trinajstić information content (AvgIpc) is 3.06. The Kier molecular flexibility index (Phi) is 5.90. The molecule has 0 aliphatic heterocycles. The molecule has 5 aromatic carbocycles. The van der Waals surface area contributed by atoms with E-state index in [1.807, 2.05) is 13.8 Å². The number of phenols is 1. The van der Waals surface area contributed by atoms with Crippen molar-refractivity contribution in [1.82, 2.24) is 0 Å². The van der Waals surface area contributed by atoms with Crippen molar-refractivity contribution in [2.24, 2.45) is 0 Å². The van der Waals surface area contributed by atoms with Crippen LogP contribution in [0.25, 0.3) is 49.2 Å². The maximum Gasteiger partial charge on any atom is 0.190 e. The number of aliphatic hydroxyl groups is 2. The van der Waals surface area contributed by atoms with E-state index in [-0.39, 0.29) is 22.3 Å². The normalized spacial score (nSPS) is 13.2. The fourth-order valence-corrected chi connectivity index (χ4v) is 6.86. The van der Waals surface area contributed by atoms with Crippen molar-refractivity contribution < 1.29 is 20.1 Å². The maximum absolute atomic E-state index is 13.8. The second kappa shape index (κ2) is 9.07. The summed E-state index contributed by atoms with van der Waals surface area (Å²) in [6, 6.07) is 2.80. The minimum absolute atomic E-state index is 0.116. The molecular formula is C32H31NO6. The molecule has 7 heteroatoms. The molecule has 0 unspecified atom stereocenters. The number of ether oxygens (including phenoxy) is 1. The lowest BCUT2D eigenvalue weighted by Gasteiger charge is -2.25.